The number of ether oxygens (including phenoxy) is 1. The van der Waals surface area contributed by atoms with Crippen LogP contribution in [0.4, 0.5) is 14.9 Å². The summed E-state index contributed by atoms with van der Waals surface area (Å²) in [5.41, 5.74) is 8.70. The molecule has 2 heterocycles. The van der Waals surface area contributed by atoms with Crippen molar-refractivity contribution in [2.75, 3.05) is 25.5 Å². The van der Waals surface area contributed by atoms with Crippen molar-refractivity contribution in [1.29, 1.82) is 0 Å². The Morgan fingerprint density at radius 2 is 1.90 bits per heavy atom. The van der Waals surface area contributed by atoms with Crippen LogP contribution in [0, 0.1) is 11.7 Å². The number of carbonyl (C=O) groups excluding carboxylic acids is 1. The second-order valence-corrected chi connectivity index (χ2v) is 7.72. The highest BCUT2D eigenvalue weighted by atomic mass is 19.1. The number of anilines is 1. The van der Waals surface area contributed by atoms with E-state index in [9.17, 15) is 9.18 Å². The molecule has 0 aliphatic carbocycles. The van der Waals surface area contributed by atoms with Crippen molar-refractivity contribution in [1.82, 2.24) is 15.8 Å². The zero-order valence-electron chi connectivity index (χ0n) is 16.5. The van der Waals surface area contributed by atoms with Crippen molar-refractivity contribution in [2.45, 2.75) is 31.3 Å². The van der Waals surface area contributed by atoms with Gasteiger partial charge in [0, 0.05) is 30.9 Å². The molecule has 0 bridgehead atoms. The highest BCUT2D eigenvalue weighted by Gasteiger charge is 2.34. The minimum atomic E-state index is -0.311. The van der Waals surface area contributed by atoms with Gasteiger partial charge in [0.15, 0.2) is 0 Å². The third-order valence-electron chi connectivity index (χ3n) is 5.92. The van der Waals surface area contributed by atoms with Gasteiger partial charge in [-0.1, -0.05) is 12.1 Å². The molecule has 6 nitrogen and oxygen atoms in total. The highest BCUT2D eigenvalue weighted by molar-refractivity contribution is 5.89. The first kappa shape index (κ1) is 19.7. The fourth-order valence-electron chi connectivity index (χ4n) is 4.21. The van der Waals surface area contributed by atoms with Crippen LogP contribution in [-0.4, -0.2) is 37.2 Å². The Kier molecular flexibility index (Phi) is 5.97. The topological polar surface area (TPSA) is 65.6 Å². The van der Waals surface area contributed by atoms with E-state index in [1.54, 1.807) is 19.2 Å². The molecular weight excluding hydrogens is 371 g/mol. The molecule has 4 rings (SSSR count). The van der Waals surface area contributed by atoms with Gasteiger partial charge in [0.25, 0.3) is 0 Å². The van der Waals surface area contributed by atoms with Gasteiger partial charge in [-0.25, -0.2) is 9.18 Å². The molecule has 3 N–H and O–H groups in total. The number of amides is 2. The molecule has 2 atom stereocenters. The first-order chi connectivity index (χ1) is 14.1. The summed E-state index contributed by atoms with van der Waals surface area (Å²) in [6.07, 6.45) is 2.93. The van der Waals surface area contributed by atoms with Crippen LogP contribution in [0.25, 0.3) is 0 Å². The quantitative estimate of drug-likeness (QED) is 0.735. The van der Waals surface area contributed by atoms with Gasteiger partial charge in [0.05, 0.1) is 7.11 Å². The van der Waals surface area contributed by atoms with E-state index in [1.807, 2.05) is 17.0 Å². The van der Waals surface area contributed by atoms with Gasteiger partial charge in [-0.3, -0.25) is 10.9 Å². The maximum absolute atomic E-state index is 13.0. The summed E-state index contributed by atoms with van der Waals surface area (Å²) in [6.45, 7) is 1.44. The van der Waals surface area contributed by atoms with Gasteiger partial charge in [0.1, 0.15) is 11.6 Å². The van der Waals surface area contributed by atoms with E-state index in [4.69, 9.17) is 4.74 Å². The normalized spacial score (nSPS) is 22.5. The van der Waals surface area contributed by atoms with Gasteiger partial charge < -0.3 is 15.0 Å². The van der Waals surface area contributed by atoms with Crippen LogP contribution in [0.3, 0.4) is 0 Å². The minimum Gasteiger partial charge on any atom is -0.497 e. The predicted octanol–water partition coefficient (Wildman–Crippen LogP) is 3.69. The van der Waals surface area contributed by atoms with Crippen molar-refractivity contribution >= 4 is 11.7 Å². The summed E-state index contributed by atoms with van der Waals surface area (Å²) in [7, 11) is 1.68. The number of hydrogen-bond donors (Lipinski definition) is 3. The van der Waals surface area contributed by atoms with Gasteiger partial charge >= 0.3 is 6.03 Å². The smallest absolute Gasteiger partial charge is 0.321 e. The Hall–Kier alpha value is -2.64. The van der Waals surface area contributed by atoms with E-state index in [-0.39, 0.29) is 17.9 Å². The highest BCUT2D eigenvalue weighted by Crippen LogP contribution is 2.31. The number of halogens is 1. The van der Waals surface area contributed by atoms with E-state index in [1.165, 1.54) is 17.7 Å². The van der Waals surface area contributed by atoms with Crippen molar-refractivity contribution in [3.05, 3.63) is 59.9 Å². The van der Waals surface area contributed by atoms with Crippen LogP contribution in [0.2, 0.25) is 0 Å². The first-order valence-corrected chi connectivity index (χ1v) is 10.1. The average molecular weight is 398 g/mol. The molecule has 0 spiro atoms. The predicted molar refractivity (Wildman–Crippen MR) is 110 cm³/mol. The maximum atomic E-state index is 13.0. The van der Waals surface area contributed by atoms with E-state index >= 15 is 0 Å². The molecule has 0 aromatic heterocycles. The van der Waals surface area contributed by atoms with Crippen LogP contribution >= 0.6 is 0 Å². The van der Waals surface area contributed by atoms with Gasteiger partial charge in [0.2, 0.25) is 0 Å². The van der Waals surface area contributed by atoms with Crippen LogP contribution in [0.1, 0.15) is 30.9 Å². The standard InChI is InChI=1S/C22H27FN4O2/c1-29-19-4-2-3-16(13-19)21-14-20(25-26-21)15-9-11-27(12-10-15)22(28)24-18-7-5-17(23)6-8-18/h2-8,13,15,20-21,25-26H,9-12,14H2,1H3,(H,24,28). The molecule has 2 aromatic rings. The number of nitrogens with one attached hydrogen (secondary N) is 3. The molecule has 2 fully saturated rings. The molecule has 2 amide bonds. The molecule has 2 unspecified atom stereocenters. The van der Waals surface area contributed by atoms with Gasteiger partial charge in [-0.2, -0.15) is 0 Å². The van der Waals surface area contributed by atoms with Crippen LogP contribution in [0.15, 0.2) is 48.5 Å². The largest absolute Gasteiger partial charge is 0.497 e. The number of carbonyl (C=O) groups is 1. The molecule has 0 saturated carbocycles. The number of likely N-dealkylation sites (tertiary alicyclic amines) is 1. The number of urea groups is 1. The number of hydrogen-bond acceptors (Lipinski definition) is 4. The fraction of sp³-hybridized carbons (Fsp3) is 0.409. The zero-order valence-corrected chi connectivity index (χ0v) is 16.5. The third kappa shape index (κ3) is 4.68. The zero-order chi connectivity index (χ0) is 20.2. The Morgan fingerprint density at radius 3 is 2.62 bits per heavy atom. The van der Waals surface area contributed by atoms with Gasteiger partial charge in [-0.15, -0.1) is 0 Å². The number of hydrazine groups is 1. The number of benzene rings is 2. The van der Waals surface area contributed by atoms with Gasteiger partial charge in [-0.05, 0) is 67.1 Å². The second-order valence-electron chi connectivity index (χ2n) is 7.72. The third-order valence-corrected chi connectivity index (χ3v) is 5.92. The van der Waals surface area contributed by atoms with Crippen molar-refractivity contribution in [3.63, 3.8) is 0 Å². The van der Waals surface area contributed by atoms with E-state index in [2.05, 4.69) is 28.3 Å². The maximum Gasteiger partial charge on any atom is 0.321 e. The Bertz CT molecular complexity index is 837. The monoisotopic (exact) mass is 398 g/mol. The lowest BCUT2D eigenvalue weighted by atomic mass is 9.86. The summed E-state index contributed by atoms with van der Waals surface area (Å²) in [4.78, 5) is 14.3. The summed E-state index contributed by atoms with van der Waals surface area (Å²) in [5, 5.41) is 2.84. The number of nitrogens with zero attached hydrogens (tertiary/aromatic N) is 1. The van der Waals surface area contributed by atoms with E-state index in [0.717, 1.165) is 38.1 Å². The summed E-state index contributed by atoms with van der Waals surface area (Å²) in [5.74, 6) is 1.08. The molecular formula is C22H27FN4O2. The molecule has 29 heavy (non-hydrogen) atoms. The SMILES string of the molecule is COc1cccc(C2CC(C3CCN(C(=O)Nc4ccc(F)cc4)CC3)NN2)c1. The molecule has 2 aromatic carbocycles. The van der Waals surface area contributed by atoms with Crippen molar-refractivity contribution in [3.8, 4) is 5.75 Å². The summed E-state index contributed by atoms with van der Waals surface area (Å²) >= 11 is 0. The van der Waals surface area contributed by atoms with Crippen molar-refractivity contribution in [2.24, 2.45) is 5.92 Å². The summed E-state index contributed by atoms with van der Waals surface area (Å²) < 4.78 is 18.3. The van der Waals surface area contributed by atoms with E-state index in [0.29, 0.717) is 17.6 Å². The fourth-order valence-corrected chi connectivity index (χ4v) is 4.21. The molecule has 2 aliphatic rings. The molecule has 0 radical (unpaired) electrons. The Balaban J connectivity index is 1.27. The lowest BCUT2D eigenvalue weighted by Crippen LogP contribution is -2.45. The van der Waals surface area contributed by atoms with Crippen LogP contribution in [-0.2, 0) is 0 Å². The summed E-state index contributed by atoms with van der Waals surface area (Å²) in [6, 6.07) is 14.5. The molecule has 154 valence electrons. The number of rotatable bonds is 4. The molecule has 7 heteroatoms. The Morgan fingerprint density at radius 1 is 1.14 bits per heavy atom. The number of piperidine rings is 1. The Labute approximate surface area is 170 Å². The minimum absolute atomic E-state index is 0.123. The lowest BCUT2D eigenvalue weighted by Gasteiger charge is -2.34. The van der Waals surface area contributed by atoms with Crippen LogP contribution in [0.5, 0.6) is 5.75 Å². The van der Waals surface area contributed by atoms with Crippen molar-refractivity contribution < 1.29 is 13.9 Å². The molecule has 2 saturated heterocycles. The lowest BCUT2D eigenvalue weighted by molar-refractivity contribution is 0.169. The van der Waals surface area contributed by atoms with E-state index < -0.39 is 0 Å². The second kappa shape index (κ2) is 8.80. The average Bonchev–Trinajstić information content (AvgIpc) is 3.26. The first-order valence-electron chi connectivity index (χ1n) is 10.1. The van der Waals surface area contributed by atoms with Crippen LogP contribution < -0.4 is 20.9 Å². The molecule has 2 aliphatic heterocycles. The number of methoxy groups -OCH3 is 1.